The Morgan fingerprint density at radius 2 is 1.59 bits per heavy atom. The summed E-state index contributed by atoms with van der Waals surface area (Å²) in [5.41, 5.74) is 2.42. The Morgan fingerprint density at radius 3 is 2.34 bits per heavy atom. The largest absolute Gasteiger partial charge is 0.494 e. The monoisotopic (exact) mass is 448 g/mol. The molecule has 0 aliphatic carbocycles. The van der Waals surface area contributed by atoms with Gasteiger partial charge < -0.3 is 15.4 Å². The first kappa shape index (κ1) is 23.4. The van der Waals surface area contributed by atoms with E-state index in [1.165, 1.54) is 11.8 Å². The van der Waals surface area contributed by atoms with Crippen LogP contribution in [0.2, 0.25) is 0 Å². The molecule has 0 aliphatic rings. The second-order valence-electron chi connectivity index (χ2n) is 7.30. The zero-order valence-electron chi connectivity index (χ0n) is 18.2. The van der Waals surface area contributed by atoms with Gasteiger partial charge in [0.2, 0.25) is 11.8 Å². The summed E-state index contributed by atoms with van der Waals surface area (Å²) >= 11 is 1.42. The van der Waals surface area contributed by atoms with Crippen LogP contribution in [0, 0.1) is 0 Å². The van der Waals surface area contributed by atoms with Gasteiger partial charge in [0.15, 0.2) is 0 Å². The van der Waals surface area contributed by atoms with E-state index in [4.69, 9.17) is 4.74 Å². The minimum atomic E-state index is -0.0897. The van der Waals surface area contributed by atoms with E-state index in [0.29, 0.717) is 13.0 Å². The van der Waals surface area contributed by atoms with Gasteiger partial charge in [0.05, 0.1) is 18.8 Å². The molecule has 0 saturated heterocycles. The highest BCUT2D eigenvalue weighted by Crippen LogP contribution is 2.23. The molecule has 2 N–H and O–H groups in total. The molecule has 3 rings (SSSR count). The number of hydrogen-bond acceptors (Lipinski definition) is 4. The average molecular weight is 449 g/mol. The molecule has 2 amide bonds. The Morgan fingerprint density at radius 1 is 0.844 bits per heavy atom. The molecular formula is C26H28N2O3S. The highest BCUT2D eigenvalue weighted by molar-refractivity contribution is 8.00. The van der Waals surface area contributed by atoms with E-state index in [0.717, 1.165) is 40.4 Å². The molecule has 0 saturated carbocycles. The molecule has 0 bridgehead atoms. The number of unbranched alkanes of at least 4 members (excludes halogenated alkanes) is 1. The van der Waals surface area contributed by atoms with Crippen molar-refractivity contribution in [3.8, 4) is 5.75 Å². The fourth-order valence-electron chi connectivity index (χ4n) is 2.96. The minimum Gasteiger partial charge on any atom is -0.494 e. The second kappa shape index (κ2) is 12.6. The van der Waals surface area contributed by atoms with Gasteiger partial charge in [0.25, 0.3) is 0 Å². The van der Waals surface area contributed by atoms with Crippen molar-refractivity contribution >= 4 is 35.0 Å². The van der Waals surface area contributed by atoms with Crippen LogP contribution in [-0.4, -0.2) is 24.2 Å². The van der Waals surface area contributed by atoms with Gasteiger partial charge in [0, 0.05) is 16.3 Å². The zero-order valence-corrected chi connectivity index (χ0v) is 19.0. The summed E-state index contributed by atoms with van der Waals surface area (Å²) in [7, 11) is 0. The van der Waals surface area contributed by atoms with Crippen LogP contribution < -0.4 is 15.4 Å². The Bertz CT molecular complexity index is 1010. The molecule has 3 aromatic carbocycles. The lowest BCUT2D eigenvalue weighted by atomic mass is 10.1. The molecule has 6 heteroatoms. The number of amides is 2. The average Bonchev–Trinajstić information content (AvgIpc) is 2.80. The van der Waals surface area contributed by atoms with Crippen LogP contribution in [-0.2, 0) is 16.0 Å². The summed E-state index contributed by atoms with van der Waals surface area (Å²) in [5, 5.41) is 5.81. The summed E-state index contributed by atoms with van der Waals surface area (Å²) < 4.78 is 5.64. The molecule has 0 heterocycles. The first-order chi connectivity index (χ1) is 15.6. The molecule has 0 fully saturated rings. The number of carbonyl (C=O) groups is 2. The quantitative estimate of drug-likeness (QED) is 0.288. The van der Waals surface area contributed by atoms with Gasteiger partial charge in [-0.1, -0.05) is 49.7 Å². The zero-order chi connectivity index (χ0) is 22.6. The number of carbonyl (C=O) groups excluding carboxylic acids is 2. The number of hydrogen-bond donors (Lipinski definition) is 2. The molecule has 0 aromatic heterocycles. The summed E-state index contributed by atoms with van der Waals surface area (Å²) in [5.74, 6) is 0.916. The summed E-state index contributed by atoms with van der Waals surface area (Å²) in [4.78, 5) is 25.5. The van der Waals surface area contributed by atoms with Crippen molar-refractivity contribution < 1.29 is 14.3 Å². The van der Waals surface area contributed by atoms with Crippen molar-refractivity contribution in [2.75, 3.05) is 23.0 Å². The van der Waals surface area contributed by atoms with Crippen LogP contribution in [0.15, 0.2) is 83.8 Å². The SMILES string of the molecule is CCCCOc1ccc(NC(=O)CSc2cccc(NC(=O)Cc3ccccc3)c2)cc1. The second-order valence-corrected chi connectivity index (χ2v) is 8.35. The molecule has 0 unspecified atom stereocenters. The van der Waals surface area contributed by atoms with Crippen LogP contribution in [0.3, 0.4) is 0 Å². The Hall–Kier alpha value is -3.25. The smallest absolute Gasteiger partial charge is 0.234 e. The summed E-state index contributed by atoms with van der Waals surface area (Å²) in [6.45, 7) is 2.82. The van der Waals surface area contributed by atoms with Crippen LogP contribution in [0.4, 0.5) is 11.4 Å². The lowest BCUT2D eigenvalue weighted by molar-refractivity contribution is -0.115. The van der Waals surface area contributed by atoms with Gasteiger partial charge in [-0.25, -0.2) is 0 Å². The first-order valence-electron chi connectivity index (χ1n) is 10.7. The molecule has 5 nitrogen and oxygen atoms in total. The van der Waals surface area contributed by atoms with E-state index < -0.39 is 0 Å². The molecule has 3 aromatic rings. The van der Waals surface area contributed by atoms with Crippen molar-refractivity contribution in [2.45, 2.75) is 31.1 Å². The molecule has 0 aliphatic heterocycles. The number of anilines is 2. The Balaban J connectivity index is 1.45. The number of thioether (sulfide) groups is 1. The molecule has 0 radical (unpaired) electrons. The van der Waals surface area contributed by atoms with E-state index in [2.05, 4.69) is 17.6 Å². The van der Waals surface area contributed by atoms with Crippen LogP contribution >= 0.6 is 11.8 Å². The van der Waals surface area contributed by atoms with E-state index >= 15 is 0 Å². The molecular weight excluding hydrogens is 420 g/mol. The number of ether oxygens (including phenoxy) is 1. The normalized spacial score (nSPS) is 10.4. The van der Waals surface area contributed by atoms with E-state index in [1.807, 2.05) is 78.9 Å². The number of benzene rings is 3. The maximum atomic E-state index is 12.3. The van der Waals surface area contributed by atoms with E-state index in [1.54, 1.807) is 0 Å². The molecule has 0 atom stereocenters. The van der Waals surface area contributed by atoms with Crippen molar-refractivity contribution in [2.24, 2.45) is 0 Å². The molecule has 0 spiro atoms. The highest BCUT2D eigenvalue weighted by atomic mass is 32.2. The van der Waals surface area contributed by atoms with Gasteiger partial charge >= 0.3 is 0 Å². The van der Waals surface area contributed by atoms with Crippen LogP contribution in [0.25, 0.3) is 0 Å². The predicted octanol–water partition coefficient (Wildman–Crippen LogP) is 5.78. The van der Waals surface area contributed by atoms with E-state index in [-0.39, 0.29) is 17.6 Å². The maximum Gasteiger partial charge on any atom is 0.234 e. The van der Waals surface area contributed by atoms with Crippen LogP contribution in [0.1, 0.15) is 25.3 Å². The minimum absolute atomic E-state index is 0.0711. The van der Waals surface area contributed by atoms with Gasteiger partial charge in [-0.2, -0.15) is 0 Å². The molecule has 32 heavy (non-hydrogen) atoms. The first-order valence-corrected chi connectivity index (χ1v) is 11.7. The fourth-order valence-corrected chi connectivity index (χ4v) is 3.72. The third-order valence-corrected chi connectivity index (χ3v) is 5.59. The third kappa shape index (κ3) is 8.12. The lowest BCUT2D eigenvalue weighted by Crippen LogP contribution is -2.15. The van der Waals surface area contributed by atoms with Crippen molar-refractivity contribution in [1.29, 1.82) is 0 Å². The third-order valence-electron chi connectivity index (χ3n) is 4.60. The standard InChI is InChI=1S/C26H28N2O3S/c1-2-3-16-31-23-14-12-21(13-15-23)27-26(30)19-32-24-11-7-10-22(18-24)28-25(29)17-20-8-5-4-6-9-20/h4-15,18H,2-3,16-17,19H2,1H3,(H,27,30)(H,28,29). The Kier molecular flexibility index (Phi) is 9.20. The number of nitrogens with one attached hydrogen (secondary N) is 2. The van der Waals surface area contributed by atoms with Gasteiger partial charge in [-0.3, -0.25) is 9.59 Å². The van der Waals surface area contributed by atoms with Gasteiger partial charge in [-0.15, -0.1) is 11.8 Å². The van der Waals surface area contributed by atoms with E-state index in [9.17, 15) is 9.59 Å². The van der Waals surface area contributed by atoms with Gasteiger partial charge in [-0.05, 0) is 54.4 Å². The Labute approximate surface area is 193 Å². The lowest BCUT2D eigenvalue weighted by Gasteiger charge is -2.09. The summed E-state index contributed by atoms with van der Waals surface area (Å²) in [6.07, 6.45) is 2.44. The highest BCUT2D eigenvalue weighted by Gasteiger charge is 2.07. The maximum absolute atomic E-state index is 12.3. The van der Waals surface area contributed by atoms with Crippen molar-refractivity contribution in [3.05, 3.63) is 84.4 Å². The van der Waals surface area contributed by atoms with Crippen molar-refractivity contribution in [1.82, 2.24) is 0 Å². The summed E-state index contributed by atoms with van der Waals surface area (Å²) in [6, 6.07) is 24.5. The predicted molar refractivity (Wildman–Crippen MR) is 131 cm³/mol. The number of rotatable bonds is 11. The van der Waals surface area contributed by atoms with Gasteiger partial charge in [0.1, 0.15) is 5.75 Å². The fraction of sp³-hybridized carbons (Fsp3) is 0.231. The topological polar surface area (TPSA) is 67.4 Å². The molecule has 166 valence electrons. The van der Waals surface area contributed by atoms with Crippen molar-refractivity contribution in [3.63, 3.8) is 0 Å². The van der Waals surface area contributed by atoms with Crippen LogP contribution in [0.5, 0.6) is 5.75 Å².